The molecule has 2 heterocycles. The molecule has 2 aromatic heterocycles. The summed E-state index contributed by atoms with van der Waals surface area (Å²) in [4.78, 5) is 2.29. The van der Waals surface area contributed by atoms with E-state index in [2.05, 4.69) is 176 Å². The number of benzene rings is 7. The van der Waals surface area contributed by atoms with Crippen molar-refractivity contribution in [1.29, 1.82) is 0 Å². The highest BCUT2D eigenvalue weighted by molar-refractivity contribution is 6.09. The van der Waals surface area contributed by atoms with E-state index in [-0.39, 0.29) is 0 Å². The number of rotatable bonds is 7. The van der Waals surface area contributed by atoms with Gasteiger partial charge in [0, 0.05) is 50.3 Å². The van der Waals surface area contributed by atoms with Gasteiger partial charge in [-0.2, -0.15) is 0 Å². The molecule has 0 saturated carbocycles. The summed E-state index contributed by atoms with van der Waals surface area (Å²) in [6.07, 6.45) is 0. The molecular weight excluding hydrogens is 599 g/mol. The predicted molar refractivity (Wildman–Crippen MR) is 201 cm³/mol. The van der Waals surface area contributed by atoms with Crippen LogP contribution >= 0.6 is 0 Å². The summed E-state index contributed by atoms with van der Waals surface area (Å²) in [5, 5.41) is 11.8. The molecule has 7 aromatic carbocycles. The lowest BCUT2D eigenvalue weighted by molar-refractivity contribution is 1.07. The van der Waals surface area contributed by atoms with Gasteiger partial charge in [-0.25, -0.2) is 0 Å². The maximum absolute atomic E-state index is 4.66. The van der Waals surface area contributed by atoms with E-state index >= 15 is 0 Å². The third-order valence-electron chi connectivity index (χ3n) is 9.05. The van der Waals surface area contributed by atoms with E-state index in [1.54, 1.807) is 0 Å². The zero-order valence-corrected chi connectivity index (χ0v) is 26.6. The lowest BCUT2D eigenvalue weighted by atomic mass is 10.1. The number of hydrogen-bond acceptors (Lipinski definition) is 3. The van der Waals surface area contributed by atoms with Gasteiger partial charge in [-0.05, 0) is 72.8 Å². The van der Waals surface area contributed by atoms with E-state index in [0.717, 1.165) is 51.2 Å². The summed E-state index contributed by atoms with van der Waals surface area (Å²) < 4.78 is 4.49. The molecule has 0 saturated heterocycles. The Morgan fingerprint density at radius 2 is 0.694 bits per heavy atom. The molecule has 0 radical (unpaired) electrons. The molecule has 232 valence electrons. The molecule has 0 atom stereocenters. The average molecular weight is 630 g/mol. The third kappa shape index (κ3) is 5.05. The summed E-state index contributed by atoms with van der Waals surface area (Å²) in [5.41, 5.74) is 9.74. The van der Waals surface area contributed by atoms with Crippen molar-refractivity contribution in [3.63, 3.8) is 0 Å². The number of fused-ring (bicyclic) bond motifs is 3. The highest BCUT2D eigenvalue weighted by Crippen LogP contribution is 2.38. The van der Waals surface area contributed by atoms with Crippen molar-refractivity contribution in [3.05, 3.63) is 188 Å². The minimum absolute atomic E-state index is 0.799. The first-order chi connectivity index (χ1) is 24.3. The molecule has 0 N–H and O–H groups in total. The van der Waals surface area contributed by atoms with Crippen LogP contribution in [-0.4, -0.2) is 19.3 Å². The quantitative estimate of drug-likeness (QED) is 0.176. The fourth-order valence-electron chi connectivity index (χ4n) is 6.80. The van der Waals surface area contributed by atoms with Crippen molar-refractivity contribution in [2.45, 2.75) is 0 Å². The van der Waals surface area contributed by atoms with Crippen LogP contribution in [0.5, 0.6) is 0 Å². The van der Waals surface area contributed by atoms with Gasteiger partial charge in [0.2, 0.25) is 0 Å². The van der Waals surface area contributed by atoms with E-state index in [9.17, 15) is 0 Å². The van der Waals surface area contributed by atoms with Crippen molar-refractivity contribution < 1.29 is 0 Å². The molecule has 9 aromatic rings. The van der Waals surface area contributed by atoms with Crippen molar-refractivity contribution in [1.82, 2.24) is 19.3 Å². The summed E-state index contributed by atoms with van der Waals surface area (Å²) in [6, 6.07) is 65.7. The Morgan fingerprint density at radius 1 is 0.327 bits per heavy atom. The zero-order valence-electron chi connectivity index (χ0n) is 26.6. The monoisotopic (exact) mass is 629 g/mol. The SMILES string of the molecule is c1ccc(-c2nnc(-c3ccccc3)n2-c2ccc(N(c3ccccc3)c3ccc(-n4c5ccccc5c5ccccc54)cc3)cc2)cc1. The topological polar surface area (TPSA) is 38.9 Å². The van der Waals surface area contributed by atoms with Gasteiger partial charge in [0.15, 0.2) is 11.6 Å². The lowest BCUT2D eigenvalue weighted by Crippen LogP contribution is -2.10. The van der Waals surface area contributed by atoms with Crippen LogP contribution in [0.3, 0.4) is 0 Å². The summed E-state index contributed by atoms with van der Waals surface area (Å²) >= 11 is 0. The molecule has 49 heavy (non-hydrogen) atoms. The molecule has 9 rings (SSSR count). The third-order valence-corrected chi connectivity index (χ3v) is 9.05. The van der Waals surface area contributed by atoms with Crippen LogP contribution in [0.15, 0.2) is 188 Å². The maximum atomic E-state index is 4.66. The van der Waals surface area contributed by atoms with Gasteiger partial charge >= 0.3 is 0 Å². The number of nitrogens with zero attached hydrogens (tertiary/aromatic N) is 5. The highest BCUT2D eigenvalue weighted by Gasteiger charge is 2.19. The van der Waals surface area contributed by atoms with Crippen molar-refractivity contribution >= 4 is 38.9 Å². The Morgan fingerprint density at radius 3 is 1.16 bits per heavy atom. The van der Waals surface area contributed by atoms with Crippen LogP contribution in [0, 0.1) is 0 Å². The van der Waals surface area contributed by atoms with Crippen LogP contribution in [0.4, 0.5) is 17.1 Å². The second-order valence-corrected chi connectivity index (χ2v) is 12.0. The molecule has 0 spiro atoms. The zero-order chi connectivity index (χ0) is 32.6. The fraction of sp³-hybridized carbons (Fsp3) is 0. The van der Waals surface area contributed by atoms with Gasteiger partial charge in [0.25, 0.3) is 0 Å². The molecular formula is C44H31N5. The molecule has 0 amide bonds. The highest BCUT2D eigenvalue weighted by atomic mass is 15.3. The van der Waals surface area contributed by atoms with Crippen LogP contribution in [-0.2, 0) is 0 Å². The average Bonchev–Trinajstić information content (AvgIpc) is 3.77. The standard InChI is InChI=1S/C44H31N5/c1-4-14-32(15-5-1)43-45-46-44(33-16-6-2-7-17-33)49(43)38-30-26-36(27-31-38)47(34-18-8-3-9-19-34)35-24-28-37(29-25-35)48-41-22-12-10-20-39(41)40-21-11-13-23-42(40)48/h1-31H. The van der Waals surface area contributed by atoms with Crippen LogP contribution in [0.2, 0.25) is 0 Å². The summed E-state index contributed by atoms with van der Waals surface area (Å²) in [5.74, 6) is 1.60. The van der Waals surface area contributed by atoms with E-state index in [4.69, 9.17) is 0 Å². The van der Waals surface area contributed by atoms with E-state index in [1.165, 1.54) is 21.8 Å². The van der Waals surface area contributed by atoms with Crippen LogP contribution in [0.25, 0.3) is 56.0 Å². The number of aromatic nitrogens is 4. The Hall–Kier alpha value is -6.72. The molecule has 0 aliphatic rings. The smallest absolute Gasteiger partial charge is 0.168 e. The van der Waals surface area contributed by atoms with Gasteiger partial charge in [0.05, 0.1) is 11.0 Å². The van der Waals surface area contributed by atoms with Crippen LogP contribution in [0.1, 0.15) is 0 Å². The van der Waals surface area contributed by atoms with Gasteiger partial charge in [-0.15, -0.1) is 10.2 Å². The minimum atomic E-state index is 0.799. The van der Waals surface area contributed by atoms with Gasteiger partial charge < -0.3 is 9.47 Å². The number of para-hydroxylation sites is 3. The summed E-state index contributed by atoms with van der Waals surface area (Å²) in [6.45, 7) is 0. The molecule has 5 nitrogen and oxygen atoms in total. The predicted octanol–water partition coefficient (Wildman–Crippen LogP) is 11.2. The maximum Gasteiger partial charge on any atom is 0.168 e. The van der Waals surface area contributed by atoms with Gasteiger partial charge in [0.1, 0.15) is 0 Å². The Balaban J connectivity index is 1.13. The van der Waals surface area contributed by atoms with Crippen LogP contribution < -0.4 is 4.90 Å². The molecule has 5 heteroatoms. The van der Waals surface area contributed by atoms with Gasteiger partial charge in [-0.3, -0.25) is 4.57 Å². The van der Waals surface area contributed by atoms with Crippen molar-refractivity contribution in [2.24, 2.45) is 0 Å². The minimum Gasteiger partial charge on any atom is -0.311 e. The lowest BCUT2D eigenvalue weighted by Gasteiger charge is -2.26. The molecule has 0 unspecified atom stereocenters. The molecule has 0 aliphatic heterocycles. The van der Waals surface area contributed by atoms with Crippen molar-refractivity contribution in [2.75, 3.05) is 4.90 Å². The number of hydrogen-bond donors (Lipinski definition) is 0. The summed E-state index contributed by atoms with van der Waals surface area (Å²) in [7, 11) is 0. The Bertz CT molecular complexity index is 2410. The Kier molecular flexibility index (Phi) is 7.06. The number of anilines is 3. The fourth-order valence-corrected chi connectivity index (χ4v) is 6.80. The molecule has 0 bridgehead atoms. The second kappa shape index (κ2) is 12.1. The largest absolute Gasteiger partial charge is 0.311 e. The van der Waals surface area contributed by atoms with Gasteiger partial charge in [-0.1, -0.05) is 115 Å². The van der Waals surface area contributed by atoms with E-state index in [0.29, 0.717) is 0 Å². The first-order valence-corrected chi connectivity index (χ1v) is 16.4. The van der Waals surface area contributed by atoms with Crippen molar-refractivity contribution in [3.8, 4) is 34.2 Å². The normalized spacial score (nSPS) is 11.3. The Labute approximate surface area is 284 Å². The second-order valence-electron chi connectivity index (χ2n) is 12.0. The first-order valence-electron chi connectivity index (χ1n) is 16.4. The van der Waals surface area contributed by atoms with E-state index < -0.39 is 0 Å². The first kappa shape index (κ1) is 28.5. The van der Waals surface area contributed by atoms with E-state index in [1.807, 2.05) is 36.4 Å². The molecule has 0 fully saturated rings. The molecule has 0 aliphatic carbocycles.